The van der Waals surface area contributed by atoms with Crippen molar-refractivity contribution in [2.75, 3.05) is 19.5 Å². The third kappa shape index (κ3) is 4.49. The largest absolute Gasteiger partial charge is 0.494 e. The summed E-state index contributed by atoms with van der Waals surface area (Å²) in [6, 6.07) is 7.97. The molecule has 3 N–H and O–H groups in total. The van der Waals surface area contributed by atoms with Gasteiger partial charge in [-0.15, -0.1) is 23.4 Å². The monoisotopic (exact) mass is 468 g/mol. The van der Waals surface area contributed by atoms with Crippen LogP contribution < -0.4 is 4.74 Å². The summed E-state index contributed by atoms with van der Waals surface area (Å²) in [5.74, 6) is 1.47. The van der Waals surface area contributed by atoms with Gasteiger partial charge in [0, 0.05) is 17.9 Å². The van der Waals surface area contributed by atoms with Gasteiger partial charge in [-0.3, -0.25) is 0 Å². The molecule has 6 nitrogen and oxygen atoms in total. The molecule has 0 amide bonds. The lowest BCUT2D eigenvalue weighted by Gasteiger charge is -2.42. The highest BCUT2D eigenvalue weighted by Crippen LogP contribution is 2.44. The van der Waals surface area contributed by atoms with Crippen molar-refractivity contribution in [3.05, 3.63) is 52.8 Å². The highest BCUT2D eigenvalue weighted by atomic mass is 35.5. The lowest BCUT2D eigenvalue weighted by atomic mass is 9.80. The number of hydrogen-bond acceptors (Lipinski definition) is 7. The summed E-state index contributed by atoms with van der Waals surface area (Å²) in [6.45, 7) is 3.10. The van der Waals surface area contributed by atoms with Crippen LogP contribution in [0.15, 0.2) is 47.2 Å². The standard InChI is InChI=1S/C23H29ClO6S/c1-3-28-14-6-4-12(5-7-14)10-13-11-16(21-15(17(13)24)8-9-29-21)22-19(26)18(25)20(27)23(30-22)31-2/h4-7,11,13,17-20,22-23,25-27H,3,8-10H2,1-2H3. The third-order valence-electron chi connectivity index (χ3n) is 6.09. The van der Waals surface area contributed by atoms with Gasteiger partial charge in [0.1, 0.15) is 41.4 Å². The normalized spacial score (nSPS) is 35.4. The van der Waals surface area contributed by atoms with E-state index in [1.165, 1.54) is 11.8 Å². The molecule has 2 heterocycles. The zero-order chi connectivity index (χ0) is 22.1. The van der Waals surface area contributed by atoms with Crippen molar-refractivity contribution in [2.45, 2.75) is 55.0 Å². The van der Waals surface area contributed by atoms with Crippen LogP contribution in [0.5, 0.6) is 5.75 Å². The van der Waals surface area contributed by atoms with Gasteiger partial charge in [0.05, 0.1) is 18.6 Å². The second-order valence-corrected chi connectivity index (χ2v) is 9.46. The van der Waals surface area contributed by atoms with Gasteiger partial charge in [0.25, 0.3) is 0 Å². The van der Waals surface area contributed by atoms with E-state index in [1.54, 1.807) is 6.26 Å². The second-order valence-electron chi connectivity index (χ2n) is 8.05. The molecule has 7 unspecified atom stereocenters. The topological polar surface area (TPSA) is 88.4 Å². The fourth-order valence-electron chi connectivity index (χ4n) is 4.50. The minimum Gasteiger partial charge on any atom is -0.494 e. The van der Waals surface area contributed by atoms with Crippen LogP contribution in [-0.2, 0) is 15.9 Å². The molecule has 7 atom stereocenters. The third-order valence-corrected chi connectivity index (χ3v) is 7.53. The molecular formula is C23H29ClO6S. The summed E-state index contributed by atoms with van der Waals surface area (Å²) in [5.41, 5.74) is 2.19. The number of ether oxygens (including phenoxy) is 3. The fraction of sp³-hybridized carbons (Fsp3) is 0.565. The number of aliphatic hydroxyl groups is 3. The second kappa shape index (κ2) is 9.73. The first-order chi connectivity index (χ1) is 14.9. The van der Waals surface area contributed by atoms with Crippen LogP contribution in [0.25, 0.3) is 0 Å². The molecule has 0 bridgehead atoms. The Balaban J connectivity index is 1.62. The Labute approximate surface area is 191 Å². The molecule has 170 valence electrons. The van der Waals surface area contributed by atoms with Crippen molar-refractivity contribution >= 4 is 23.4 Å². The molecule has 0 radical (unpaired) electrons. The Morgan fingerprint density at radius 3 is 2.55 bits per heavy atom. The van der Waals surface area contributed by atoms with Gasteiger partial charge in [-0.25, -0.2) is 0 Å². The van der Waals surface area contributed by atoms with Crippen molar-refractivity contribution in [1.29, 1.82) is 0 Å². The van der Waals surface area contributed by atoms with E-state index in [4.69, 9.17) is 25.8 Å². The van der Waals surface area contributed by atoms with E-state index in [9.17, 15) is 15.3 Å². The lowest BCUT2D eigenvalue weighted by molar-refractivity contribution is -0.187. The lowest BCUT2D eigenvalue weighted by Crippen LogP contribution is -2.57. The van der Waals surface area contributed by atoms with Crippen LogP contribution in [0.3, 0.4) is 0 Å². The van der Waals surface area contributed by atoms with Crippen LogP contribution in [0.4, 0.5) is 0 Å². The maximum atomic E-state index is 10.7. The van der Waals surface area contributed by atoms with E-state index in [2.05, 4.69) is 0 Å². The van der Waals surface area contributed by atoms with Gasteiger partial charge in [-0.1, -0.05) is 18.2 Å². The summed E-state index contributed by atoms with van der Waals surface area (Å²) in [4.78, 5) is 0. The SMILES string of the molecule is CCOc1ccc(CC2C=C(C3OC(SC)C(O)C(O)C3O)C3=C(CCO3)C2Cl)cc1. The van der Waals surface area contributed by atoms with E-state index in [0.29, 0.717) is 31.0 Å². The fourth-order valence-corrected chi connectivity index (χ4v) is 5.54. The van der Waals surface area contributed by atoms with Crippen LogP contribution in [0, 0.1) is 5.92 Å². The molecule has 0 aromatic heterocycles. The van der Waals surface area contributed by atoms with E-state index < -0.39 is 29.9 Å². The molecule has 8 heteroatoms. The van der Waals surface area contributed by atoms with Gasteiger partial charge in [0.15, 0.2) is 0 Å². The predicted octanol–water partition coefficient (Wildman–Crippen LogP) is 2.64. The van der Waals surface area contributed by atoms with Gasteiger partial charge in [-0.05, 0) is 42.9 Å². The molecule has 1 aliphatic carbocycles. The average molecular weight is 469 g/mol. The van der Waals surface area contributed by atoms with Crippen molar-refractivity contribution in [2.24, 2.45) is 5.92 Å². The number of halogens is 1. The first-order valence-corrected chi connectivity index (χ1v) is 12.3. The summed E-state index contributed by atoms with van der Waals surface area (Å²) < 4.78 is 17.4. The molecule has 1 saturated heterocycles. The molecule has 1 aromatic rings. The smallest absolute Gasteiger partial charge is 0.132 e. The summed E-state index contributed by atoms with van der Waals surface area (Å²) in [5, 5.41) is 31.1. The molecule has 1 aromatic carbocycles. The Kier molecular flexibility index (Phi) is 7.20. The number of aliphatic hydroxyl groups excluding tert-OH is 3. The summed E-state index contributed by atoms with van der Waals surface area (Å²) >= 11 is 8.16. The number of benzene rings is 1. The van der Waals surface area contributed by atoms with Crippen molar-refractivity contribution in [1.82, 2.24) is 0 Å². The van der Waals surface area contributed by atoms with Gasteiger partial charge < -0.3 is 29.5 Å². The highest BCUT2D eigenvalue weighted by Gasteiger charge is 2.48. The molecule has 1 fully saturated rings. The molecule has 3 aliphatic rings. The molecule has 0 saturated carbocycles. The van der Waals surface area contributed by atoms with E-state index in [-0.39, 0.29) is 11.3 Å². The van der Waals surface area contributed by atoms with Crippen molar-refractivity contribution < 1.29 is 29.5 Å². The summed E-state index contributed by atoms with van der Waals surface area (Å²) in [7, 11) is 0. The maximum absolute atomic E-state index is 10.7. The highest BCUT2D eigenvalue weighted by molar-refractivity contribution is 7.99. The van der Waals surface area contributed by atoms with Crippen LogP contribution in [0.1, 0.15) is 18.9 Å². The van der Waals surface area contributed by atoms with E-state index in [1.807, 2.05) is 37.3 Å². The van der Waals surface area contributed by atoms with Crippen molar-refractivity contribution in [3.63, 3.8) is 0 Å². The van der Waals surface area contributed by atoms with Crippen molar-refractivity contribution in [3.8, 4) is 5.75 Å². The number of thioether (sulfide) groups is 1. The van der Waals surface area contributed by atoms with Gasteiger partial charge >= 0.3 is 0 Å². The molecule has 0 spiro atoms. The zero-order valence-electron chi connectivity index (χ0n) is 17.6. The minimum absolute atomic E-state index is 0.0254. The summed E-state index contributed by atoms with van der Waals surface area (Å²) in [6.07, 6.45) is 0.705. The Hall–Kier alpha value is -1.22. The molecule has 31 heavy (non-hydrogen) atoms. The van der Waals surface area contributed by atoms with E-state index >= 15 is 0 Å². The first kappa shape index (κ1) is 23.0. The molecular weight excluding hydrogens is 440 g/mol. The maximum Gasteiger partial charge on any atom is 0.132 e. The predicted molar refractivity (Wildman–Crippen MR) is 120 cm³/mol. The molecule has 4 rings (SSSR count). The number of rotatable bonds is 6. The minimum atomic E-state index is -1.30. The number of hydrogen-bond donors (Lipinski definition) is 3. The first-order valence-electron chi connectivity index (χ1n) is 10.6. The van der Waals surface area contributed by atoms with Gasteiger partial charge in [-0.2, -0.15) is 0 Å². The number of allylic oxidation sites excluding steroid dienone is 1. The Morgan fingerprint density at radius 2 is 1.87 bits per heavy atom. The zero-order valence-corrected chi connectivity index (χ0v) is 19.2. The Bertz CT molecular complexity index is 839. The molecule has 2 aliphatic heterocycles. The average Bonchev–Trinajstić information content (AvgIpc) is 3.27. The van der Waals surface area contributed by atoms with Gasteiger partial charge in [0.2, 0.25) is 0 Å². The van der Waals surface area contributed by atoms with Crippen LogP contribution in [0.2, 0.25) is 0 Å². The Morgan fingerprint density at radius 1 is 1.13 bits per heavy atom. The van der Waals surface area contributed by atoms with Crippen LogP contribution in [-0.4, -0.2) is 70.0 Å². The number of alkyl halides is 1. The van der Waals surface area contributed by atoms with Crippen LogP contribution >= 0.6 is 23.4 Å². The van der Waals surface area contributed by atoms with E-state index in [0.717, 1.165) is 23.3 Å². The quantitative estimate of drug-likeness (QED) is 0.553.